The van der Waals surface area contributed by atoms with Crippen LogP contribution in [0.1, 0.15) is 36.8 Å². The Balaban J connectivity index is 1.07. The lowest BCUT2D eigenvalue weighted by atomic mass is 9.94. The van der Waals surface area contributed by atoms with E-state index >= 15 is 0 Å². The van der Waals surface area contributed by atoms with Crippen molar-refractivity contribution in [1.29, 1.82) is 0 Å². The van der Waals surface area contributed by atoms with Gasteiger partial charge in [-0.2, -0.15) is 30.9 Å². The molecule has 2 aromatic carbocycles. The number of fused-ring (bicyclic) bond motifs is 1. The van der Waals surface area contributed by atoms with Gasteiger partial charge in [-0.1, -0.05) is 11.3 Å². The van der Waals surface area contributed by atoms with Crippen molar-refractivity contribution in [2.45, 2.75) is 55.1 Å². The summed E-state index contributed by atoms with van der Waals surface area (Å²) in [6.45, 7) is 1.42. The second-order valence-electron chi connectivity index (χ2n) is 10.9. The van der Waals surface area contributed by atoms with Crippen molar-refractivity contribution >= 4 is 48.7 Å². The first kappa shape index (κ1) is 34.0. The number of halogens is 6. The first-order valence-electron chi connectivity index (χ1n) is 14.0. The second kappa shape index (κ2) is 13.0. The van der Waals surface area contributed by atoms with Crippen molar-refractivity contribution < 1.29 is 49.6 Å². The number of carbonyl (C=O) groups is 1. The lowest BCUT2D eigenvalue weighted by Gasteiger charge is -2.35. The number of thiazole rings is 1. The van der Waals surface area contributed by atoms with Gasteiger partial charge in [-0.3, -0.25) is 14.9 Å². The Morgan fingerprint density at radius 2 is 1.72 bits per heavy atom. The van der Waals surface area contributed by atoms with Gasteiger partial charge < -0.3 is 14.5 Å². The fraction of sp³-hybridized carbons (Fsp3) is 0.481. The third kappa shape index (κ3) is 7.76. The fourth-order valence-corrected chi connectivity index (χ4v) is 7.72. The van der Waals surface area contributed by atoms with Gasteiger partial charge in [0.1, 0.15) is 12.2 Å². The number of ether oxygens (including phenoxy) is 1. The first-order chi connectivity index (χ1) is 21.5. The number of nitro groups is 1. The van der Waals surface area contributed by atoms with E-state index in [1.165, 1.54) is 17.4 Å². The van der Waals surface area contributed by atoms with Crippen LogP contribution in [0.15, 0.2) is 41.3 Å². The summed E-state index contributed by atoms with van der Waals surface area (Å²) < 4.78 is 111. The summed E-state index contributed by atoms with van der Waals surface area (Å²) >= 11 is 1.28. The number of anilines is 1. The highest BCUT2D eigenvalue weighted by Gasteiger charge is 2.43. The number of aromatic nitrogens is 1. The fourth-order valence-electron chi connectivity index (χ4n) is 5.37. The molecule has 1 aliphatic heterocycles. The molecule has 5 rings (SSSR count). The highest BCUT2D eigenvalue weighted by Crippen LogP contribution is 2.38. The van der Waals surface area contributed by atoms with Gasteiger partial charge in [-0.05, 0) is 48.1 Å². The molecule has 2 N–H and O–H groups in total. The molecule has 2 aliphatic rings. The summed E-state index contributed by atoms with van der Waals surface area (Å²) in [6, 6.07) is 4.56. The van der Waals surface area contributed by atoms with Crippen LogP contribution in [0.3, 0.4) is 0 Å². The van der Waals surface area contributed by atoms with E-state index in [0.29, 0.717) is 73.8 Å². The van der Waals surface area contributed by atoms with Crippen LogP contribution in [0.5, 0.6) is 0 Å². The quantitative estimate of drug-likeness (QED) is 0.131. The van der Waals surface area contributed by atoms with Gasteiger partial charge in [0.05, 0.1) is 32.8 Å². The number of amides is 1. The predicted molar refractivity (Wildman–Crippen MR) is 156 cm³/mol. The average Bonchev–Trinajstić information content (AvgIpc) is 3.43. The maximum atomic E-state index is 13.3. The third-order valence-corrected chi connectivity index (χ3v) is 10.5. The normalized spacial score (nSPS) is 20.9. The van der Waals surface area contributed by atoms with Crippen LogP contribution in [0.4, 0.5) is 37.2 Å². The van der Waals surface area contributed by atoms with Crippen molar-refractivity contribution in [3.05, 3.63) is 57.6 Å². The largest absolute Gasteiger partial charge is 0.423 e. The molecule has 0 bridgehead atoms. The minimum absolute atomic E-state index is 0.191. The van der Waals surface area contributed by atoms with Gasteiger partial charge >= 0.3 is 22.8 Å². The summed E-state index contributed by atoms with van der Waals surface area (Å²) in [4.78, 5) is 29.8. The lowest BCUT2D eigenvalue weighted by molar-refractivity contribution is -0.388. The van der Waals surface area contributed by atoms with Crippen molar-refractivity contribution in [3.8, 4) is 0 Å². The van der Waals surface area contributed by atoms with Crippen LogP contribution in [-0.2, 0) is 36.5 Å². The average molecular weight is 697 g/mol. The van der Waals surface area contributed by atoms with Crippen LogP contribution in [0.25, 0.3) is 10.2 Å². The monoisotopic (exact) mass is 696 g/mol. The van der Waals surface area contributed by atoms with Crippen molar-refractivity contribution in [3.63, 3.8) is 0 Å². The number of benzene rings is 2. The number of nitro benzene ring substituents is 1. The number of alkyl halides is 6. The smallest absolute Gasteiger partial charge is 0.368 e. The van der Waals surface area contributed by atoms with E-state index in [1.807, 2.05) is 4.90 Å². The number of carbonyl (C=O) groups excluding carboxylic acids is 1. The van der Waals surface area contributed by atoms with Gasteiger partial charge in [0.15, 0.2) is 5.13 Å². The SMILES string of the molecule is O=C(COC1CCC(N[S+](=O)(O)c2ccc([N+](=O)[O-])c(C(F)(F)F)c2)CC1)N1CCN(c2nc3cc(C(F)(F)F)ccc3s2)CC1. The molecule has 11 nitrogen and oxygen atoms in total. The second-order valence-corrected chi connectivity index (χ2v) is 13.7. The van der Waals surface area contributed by atoms with Gasteiger partial charge in [-0.15, -0.1) is 4.72 Å². The van der Waals surface area contributed by atoms with Gasteiger partial charge in [0, 0.05) is 44.4 Å². The molecular weight excluding hydrogens is 668 g/mol. The van der Waals surface area contributed by atoms with E-state index in [0.717, 1.165) is 18.2 Å². The Bertz CT molecular complexity index is 1650. The molecule has 0 spiro atoms. The molecule has 2 fully saturated rings. The number of piperazine rings is 1. The molecule has 2 heterocycles. The number of nitrogens with one attached hydrogen (secondary N) is 1. The zero-order chi connectivity index (χ0) is 33.4. The molecule has 19 heteroatoms. The molecule has 1 aliphatic carbocycles. The summed E-state index contributed by atoms with van der Waals surface area (Å²) in [5.74, 6) is -0.240. The third-order valence-electron chi connectivity index (χ3n) is 7.84. The molecule has 250 valence electrons. The summed E-state index contributed by atoms with van der Waals surface area (Å²) in [6.07, 6.45) is -8.39. The maximum absolute atomic E-state index is 13.3. The van der Waals surface area contributed by atoms with E-state index in [1.54, 1.807) is 4.90 Å². The molecule has 46 heavy (non-hydrogen) atoms. The molecule has 1 saturated heterocycles. The minimum Gasteiger partial charge on any atom is -0.368 e. The van der Waals surface area contributed by atoms with Crippen LogP contribution in [0, 0.1) is 10.1 Å². The van der Waals surface area contributed by atoms with Gasteiger partial charge in [-0.25, -0.2) is 4.98 Å². The summed E-state index contributed by atoms with van der Waals surface area (Å²) in [5.41, 5.74) is -3.36. The molecule has 1 saturated carbocycles. The van der Waals surface area contributed by atoms with E-state index < -0.39 is 55.4 Å². The first-order valence-corrected chi connectivity index (χ1v) is 16.4. The van der Waals surface area contributed by atoms with E-state index in [4.69, 9.17) is 4.74 Å². The van der Waals surface area contributed by atoms with E-state index in [9.17, 15) is 50.0 Å². The number of nitrogens with zero attached hydrogens (tertiary/aromatic N) is 4. The topological polar surface area (TPSA) is 138 Å². The van der Waals surface area contributed by atoms with Gasteiger partial charge in [0.25, 0.3) is 5.69 Å². The molecule has 0 radical (unpaired) electrons. The van der Waals surface area contributed by atoms with E-state index in [-0.39, 0.29) is 24.1 Å². The molecule has 1 amide bonds. The Labute approximate surface area is 263 Å². The summed E-state index contributed by atoms with van der Waals surface area (Å²) in [5, 5.41) is 11.6. The van der Waals surface area contributed by atoms with Crippen molar-refractivity contribution in [2.24, 2.45) is 0 Å². The highest BCUT2D eigenvalue weighted by atomic mass is 32.3. The number of hydrogen-bond donors (Lipinski definition) is 2. The number of rotatable bonds is 8. The van der Waals surface area contributed by atoms with Crippen molar-refractivity contribution in [2.75, 3.05) is 37.7 Å². The standard InChI is InChI=1S/C27H27F6N5O6S2/c28-26(29,30)16-1-8-23-21(13-16)34-25(45-23)37-11-9-36(10-12-37)24(39)15-44-18-4-2-17(3-5-18)35-46(42,43)19-6-7-22(38(40)41)20(14-19)27(31,32)33/h1,6-8,13-14,17-18H,2-5,9-12,15H2,(H-,35,42,43)/p+1. The van der Waals surface area contributed by atoms with Gasteiger partial charge in [0.2, 0.25) is 10.8 Å². The Kier molecular flexibility index (Phi) is 9.61. The van der Waals surface area contributed by atoms with Crippen LogP contribution >= 0.6 is 11.3 Å². The zero-order valence-corrected chi connectivity index (χ0v) is 25.5. The molecule has 1 unspecified atom stereocenters. The highest BCUT2D eigenvalue weighted by molar-refractivity contribution is 7.95. The molecule has 1 aromatic heterocycles. The molecule has 1 atom stereocenters. The lowest BCUT2D eigenvalue weighted by Crippen LogP contribution is -2.50. The number of hydrogen-bond acceptors (Lipinski definition) is 8. The molecular formula is C27H28F6N5O6S2+. The van der Waals surface area contributed by atoms with Crippen molar-refractivity contribution in [1.82, 2.24) is 14.6 Å². The minimum atomic E-state index is -5.10. The predicted octanol–water partition coefficient (Wildman–Crippen LogP) is 5.75. The maximum Gasteiger partial charge on any atom is 0.423 e. The van der Waals surface area contributed by atoms with Crippen LogP contribution in [0.2, 0.25) is 0 Å². The Morgan fingerprint density at radius 3 is 2.33 bits per heavy atom. The summed E-state index contributed by atoms with van der Waals surface area (Å²) in [7, 11) is -4.16. The van der Waals surface area contributed by atoms with E-state index in [2.05, 4.69) is 9.71 Å². The zero-order valence-electron chi connectivity index (χ0n) is 23.8. The Hall–Kier alpha value is -3.39. The van der Waals surface area contributed by atoms with Crippen LogP contribution < -0.4 is 9.62 Å². The Morgan fingerprint density at radius 1 is 1.04 bits per heavy atom. The molecule has 3 aromatic rings. The van der Waals surface area contributed by atoms with Crippen LogP contribution in [-0.4, -0.2) is 70.2 Å².